The zero-order valence-corrected chi connectivity index (χ0v) is 20.0. The van der Waals surface area contributed by atoms with Gasteiger partial charge < -0.3 is 5.11 Å². The summed E-state index contributed by atoms with van der Waals surface area (Å²) in [6.45, 7) is 0. The Morgan fingerprint density at radius 1 is 0.576 bits per heavy atom. The summed E-state index contributed by atoms with van der Waals surface area (Å²) in [5, 5.41) is 11.4. The van der Waals surface area contributed by atoms with Gasteiger partial charge in [0.1, 0.15) is 0 Å². The summed E-state index contributed by atoms with van der Waals surface area (Å²) in [5.41, 5.74) is 6.88. The van der Waals surface area contributed by atoms with Crippen LogP contribution in [0.5, 0.6) is 5.75 Å². The van der Waals surface area contributed by atoms with Crippen molar-refractivity contribution in [3.05, 3.63) is 125 Å². The van der Waals surface area contributed by atoms with Crippen LogP contribution in [-0.4, -0.2) is 5.11 Å². The lowest BCUT2D eigenvalue weighted by Crippen LogP contribution is -2.36. The molecule has 4 aromatic carbocycles. The SMILES string of the molecule is Oc1cc(Cl)ccc1-[n+]1c(-c2ccccc2)cc(-c2ccccc2)cc1-c1ccc(Br)cc1. The van der Waals surface area contributed by atoms with E-state index in [4.69, 9.17) is 11.6 Å². The van der Waals surface area contributed by atoms with E-state index in [0.29, 0.717) is 10.7 Å². The molecule has 0 bridgehead atoms. The second kappa shape index (κ2) is 9.22. The lowest BCUT2D eigenvalue weighted by atomic mass is 9.98. The van der Waals surface area contributed by atoms with Crippen LogP contribution in [-0.2, 0) is 0 Å². The second-order valence-electron chi connectivity index (χ2n) is 7.72. The minimum absolute atomic E-state index is 0.121. The van der Waals surface area contributed by atoms with Crippen molar-refractivity contribution in [2.24, 2.45) is 0 Å². The Balaban J connectivity index is 1.89. The van der Waals surface area contributed by atoms with Crippen molar-refractivity contribution < 1.29 is 9.67 Å². The number of phenolic OH excluding ortho intramolecular Hbond substituents is 1. The minimum atomic E-state index is 0.121. The fourth-order valence-corrected chi connectivity index (χ4v) is 4.42. The fourth-order valence-electron chi connectivity index (χ4n) is 3.99. The van der Waals surface area contributed by atoms with Crippen molar-refractivity contribution in [2.45, 2.75) is 0 Å². The third kappa shape index (κ3) is 4.43. The Labute approximate surface area is 206 Å². The van der Waals surface area contributed by atoms with E-state index in [1.807, 2.05) is 54.6 Å². The molecular formula is C29H20BrClNO+. The Morgan fingerprint density at radius 3 is 1.70 bits per heavy atom. The predicted octanol–water partition coefficient (Wildman–Crippen LogP) is 8.09. The van der Waals surface area contributed by atoms with Crippen LogP contribution in [0.1, 0.15) is 0 Å². The highest BCUT2D eigenvalue weighted by atomic mass is 79.9. The summed E-state index contributed by atoms with van der Waals surface area (Å²) >= 11 is 9.71. The van der Waals surface area contributed by atoms with Gasteiger partial charge in [-0.15, -0.1) is 4.57 Å². The van der Waals surface area contributed by atoms with Gasteiger partial charge in [0.25, 0.3) is 5.69 Å². The summed E-state index contributed by atoms with van der Waals surface area (Å²) in [5.74, 6) is 0.121. The molecule has 2 nitrogen and oxygen atoms in total. The lowest BCUT2D eigenvalue weighted by molar-refractivity contribution is -0.572. The molecule has 0 radical (unpaired) electrons. The summed E-state index contributed by atoms with van der Waals surface area (Å²) in [4.78, 5) is 0. The number of hydrogen-bond donors (Lipinski definition) is 1. The molecule has 0 atom stereocenters. The maximum absolute atomic E-state index is 10.9. The van der Waals surface area contributed by atoms with Gasteiger partial charge in [-0.1, -0.05) is 76.1 Å². The minimum Gasteiger partial charge on any atom is -0.502 e. The largest absolute Gasteiger partial charge is 0.502 e. The zero-order valence-electron chi connectivity index (χ0n) is 17.6. The molecule has 0 amide bonds. The molecule has 0 saturated carbocycles. The highest BCUT2D eigenvalue weighted by Gasteiger charge is 2.27. The Kier molecular flexibility index (Phi) is 5.99. The molecule has 1 heterocycles. The van der Waals surface area contributed by atoms with Gasteiger partial charge in [0.15, 0.2) is 5.75 Å². The first kappa shape index (κ1) is 21.4. The summed E-state index contributed by atoms with van der Waals surface area (Å²) in [6, 6.07) is 38.3. The molecule has 0 aliphatic carbocycles. The van der Waals surface area contributed by atoms with Gasteiger partial charge >= 0.3 is 0 Å². The second-order valence-corrected chi connectivity index (χ2v) is 9.07. The molecule has 33 heavy (non-hydrogen) atoms. The van der Waals surface area contributed by atoms with Crippen molar-refractivity contribution >= 4 is 27.5 Å². The molecule has 160 valence electrons. The lowest BCUT2D eigenvalue weighted by Gasteiger charge is -2.13. The van der Waals surface area contributed by atoms with Gasteiger partial charge in [0.2, 0.25) is 11.4 Å². The first-order valence-electron chi connectivity index (χ1n) is 10.6. The predicted molar refractivity (Wildman–Crippen MR) is 139 cm³/mol. The normalized spacial score (nSPS) is 10.8. The van der Waals surface area contributed by atoms with E-state index in [1.54, 1.807) is 12.1 Å². The first-order valence-corrected chi connectivity index (χ1v) is 11.7. The molecule has 0 aliphatic rings. The molecule has 1 aromatic heterocycles. The van der Waals surface area contributed by atoms with Gasteiger partial charge in [-0.3, -0.25) is 0 Å². The maximum atomic E-state index is 10.9. The van der Waals surface area contributed by atoms with Gasteiger partial charge in [-0.25, -0.2) is 0 Å². The molecule has 4 heteroatoms. The van der Waals surface area contributed by atoms with Crippen molar-refractivity contribution in [2.75, 3.05) is 0 Å². The number of pyridine rings is 1. The van der Waals surface area contributed by atoms with Gasteiger partial charge in [0, 0.05) is 44.9 Å². The molecule has 0 saturated heterocycles. The summed E-state index contributed by atoms with van der Waals surface area (Å²) in [6.07, 6.45) is 0. The standard InChI is InChI=1S/C29H19BrClNO/c30-24-13-11-22(12-14-24)28-18-23(20-7-3-1-4-8-20)17-27(21-9-5-2-6-10-21)32(28)26-16-15-25(31)19-29(26)33/h1-19H/p+1. The molecular weight excluding hydrogens is 494 g/mol. The number of halogens is 2. The third-order valence-corrected chi connectivity index (χ3v) is 6.33. The number of phenols is 1. The number of rotatable bonds is 4. The van der Waals surface area contributed by atoms with Crippen molar-refractivity contribution in [3.63, 3.8) is 0 Å². The number of aromatic nitrogens is 1. The van der Waals surface area contributed by atoms with E-state index in [-0.39, 0.29) is 5.75 Å². The van der Waals surface area contributed by atoms with Crippen LogP contribution in [0.25, 0.3) is 39.3 Å². The van der Waals surface area contributed by atoms with Crippen LogP contribution >= 0.6 is 27.5 Å². The Bertz CT molecular complexity index is 1420. The topological polar surface area (TPSA) is 24.1 Å². The van der Waals surface area contributed by atoms with E-state index in [9.17, 15) is 5.11 Å². The highest BCUT2D eigenvalue weighted by molar-refractivity contribution is 9.10. The molecule has 0 aliphatic heterocycles. The number of benzene rings is 4. The van der Waals surface area contributed by atoms with E-state index < -0.39 is 0 Å². The van der Waals surface area contributed by atoms with Crippen LogP contribution < -0.4 is 4.57 Å². The van der Waals surface area contributed by atoms with Gasteiger partial charge in [-0.05, 0) is 53.6 Å². The van der Waals surface area contributed by atoms with Crippen molar-refractivity contribution in [3.8, 4) is 45.1 Å². The van der Waals surface area contributed by atoms with E-state index in [2.05, 4.69) is 69.0 Å². The van der Waals surface area contributed by atoms with Crippen LogP contribution in [0.15, 0.2) is 120 Å². The smallest absolute Gasteiger partial charge is 0.253 e. The molecule has 1 N–H and O–H groups in total. The summed E-state index contributed by atoms with van der Waals surface area (Å²) < 4.78 is 3.10. The maximum Gasteiger partial charge on any atom is 0.253 e. The third-order valence-electron chi connectivity index (χ3n) is 5.56. The van der Waals surface area contributed by atoms with Gasteiger partial charge in [-0.2, -0.15) is 0 Å². The van der Waals surface area contributed by atoms with E-state index in [1.165, 1.54) is 0 Å². The molecule has 0 unspecified atom stereocenters. The summed E-state index contributed by atoms with van der Waals surface area (Å²) in [7, 11) is 0. The number of nitrogens with zero attached hydrogens (tertiary/aromatic N) is 1. The molecule has 0 spiro atoms. The average molecular weight is 514 g/mol. The average Bonchev–Trinajstić information content (AvgIpc) is 2.85. The van der Waals surface area contributed by atoms with E-state index >= 15 is 0 Å². The fraction of sp³-hybridized carbons (Fsp3) is 0. The number of aromatic hydroxyl groups is 1. The number of hydrogen-bond acceptors (Lipinski definition) is 1. The van der Waals surface area contributed by atoms with Crippen molar-refractivity contribution in [1.29, 1.82) is 0 Å². The molecule has 5 rings (SSSR count). The molecule has 5 aromatic rings. The van der Waals surface area contributed by atoms with E-state index in [0.717, 1.165) is 38.1 Å². The van der Waals surface area contributed by atoms with Crippen LogP contribution in [0.4, 0.5) is 0 Å². The van der Waals surface area contributed by atoms with Crippen LogP contribution in [0.2, 0.25) is 5.02 Å². The molecule has 0 fully saturated rings. The Morgan fingerprint density at radius 2 is 1.12 bits per heavy atom. The van der Waals surface area contributed by atoms with Gasteiger partial charge in [0.05, 0.1) is 0 Å². The van der Waals surface area contributed by atoms with Crippen molar-refractivity contribution in [1.82, 2.24) is 0 Å². The monoisotopic (exact) mass is 512 g/mol. The first-order chi connectivity index (χ1) is 16.1. The highest BCUT2D eigenvalue weighted by Crippen LogP contribution is 2.33. The Hall–Kier alpha value is -3.40. The van der Waals surface area contributed by atoms with Crippen LogP contribution in [0, 0.1) is 0 Å². The quantitative estimate of drug-likeness (QED) is 0.241. The van der Waals surface area contributed by atoms with Crippen LogP contribution in [0.3, 0.4) is 0 Å². The zero-order chi connectivity index (χ0) is 22.8.